The maximum atomic E-state index is 5.35. The Morgan fingerprint density at radius 2 is 2.12 bits per heavy atom. The summed E-state index contributed by atoms with van der Waals surface area (Å²) >= 11 is 3.14. The van der Waals surface area contributed by atoms with Gasteiger partial charge in [0.15, 0.2) is 5.13 Å². The third-order valence-corrected chi connectivity index (χ3v) is 5.39. The van der Waals surface area contributed by atoms with Gasteiger partial charge in [-0.1, -0.05) is 29.5 Å². The Bertz CT molecular complexity index is 961. The van der Waals surface area contributed by atoms with E-state index in [-0.39, 0.29) is 0 Å². The molecule has 26 heavy (non-hydrogen) atoms. The first-order chi connectivity index (χ1) is 12.8. The maximum absolute atomic E-state index is 5.35. The van der Waals surface area contributed by atoms with Gasteiger partial charge in [-0.2, -0.15) is 0 Å². The average Bonchev–Trinajstić information content (AvgIpc) is 3.39. The topological polar surface area (TPSA) is 81.7 Å². The molecule has 0 radical (unpaired) electrons. The predicted octanol–water partition coefficient (Wildman–Crippen LogP) is 4.12. The van der Waals surface area contributed by atoms with Crippen molar-refractivity contribution in [3.05, 3.63) is 65.1 Å². The normalized spacial score (nSPS) is 11.0. The average molecular weight is 384 g/mol. The van der Waals surface area contributed by atoms with E-state index in [4.69, 9.17) is 4.42 Å². The summed E-state index contributed by atoms with van der Waals surface area (Å²) in [5, 5.41) is 18.8. The third-order valence-electron chi connectivity index (χ3n) is 3.59. The van der Waals surface area contributed by atoms with Crippen LogP contribution >= 0.6 is 23.1 Å². The molecule has 0 bridgehead atoms. The zero-order valence-corrected chi connectivity index (χ0v) is 15.6. The molecular formula is C17H16N6OS2. The van der Waals surface area contributed by atoms with Gasteiger partial charge in [-0.15, -0.1) is 16.4 Å². The Morgan fingerprint density at radius 1 is 1.23 bits per heavy atom. The molecule has 132 valence electrons. The minimum absolute atomic E-state index is 0.514. The van der Waals surface area contributed by atoms with E-state index in [2.05, 4.69) is 44.9 Å². The van der Waals surface area contributed by atoms with Crippen molar-refractivity contribution in [3.63, 3.8) is 0 Å². The molecule has 4 aromatic rings. The van der Waals surface area contributed by atoms with Crippen molar-refractivity contribution in [3.8, 4) is 0 Å². The SMILES string of the molecule is Cc1ccc(Nc2nc(CSc3nnnn3Cc3ccco3)cs2)cc1. The molecule has 0 saturated heterocycles. The van der Waals surface area contributed by atoms with Gasteiger partial charge in [0.2, 0.25) is 5.16 Å². The van der Waals surface area contributed by atoms with Crippen LogP contribution < -0.4 is 5.32 Å². The fourth-order valence-corrected chi connectivity index (χ4v) is 3.88. The highest BCUT2D eigenvalue weighted by Gasteiger charge is 2.10. The second-order valence-corrected chi connectivity index (χ2v) is 7.42. The molecule has 0 aliphatic carbocycles. The lowest BCUT2D eigenvalue weighted by atomic mass is 10.2. The number of nitrogens with zero attached hydrogens (tertiary/aromatic N) is 5. The summed E-state index contributed by atoms with van der Waals surface area (Å²) in [5.41, 5.74) is 3.26. The number of tetrazole rings is 1. The smallest absolute Gasteiger partial charge is 0.210 e. The summed E-state index contributed by atoms with van der Waals surface area (Å²) in [6, 6.07) is 12.0. The molecule has 0 fully saturated rings. The Hall–Kier alpha value is -2.65. The highest BCUT2D eigenvalue weighted by molar-refractivity contribution is 7.98. The van der Waals surface area contributed by atoms with Crippen LogP contribution in [0.25, 0.3) is 0 Å². The number of thiazole rings is 1. The molecule has 9 heteroatoms. The van der Waals surface area contributed by atoms with E-state index in [1.54, 1.807) is 34.0 Å². The van der Waals surface area contributed by atoms with Crippen LogP contribution in [0.3, 0.4) is 0 Å². The van der Waals surface area contributed by atoms with Gasteiger partial charge in [-0.3, -0.25) is 0 Å². The van der Waals surface area contributed by atoms with Crippen molar-refractivity contribution in [1.82, 2.24) is 25.2 Å². The van der Waals surface area contributed by atoms with Crippen molar-refractivity contribution in [2.24, 2.45) is 0 Å². The highest BCUT2D eigenvalue weighted by Crippen LogP contribution is 2.26. The molecule has 0 spiro atoms. The van der Waals surface area contributed by atoms with E-state index in [9.17, 15) is 0 Å². The van der Waals surface area contributed by atoms with Crippen LogP contribution in [-0.2, 0) is 12.3 Å². The van der Waals surface area contributed by atoms with Gasteiger partial charge < -0.3 is 9.73 Å². The summed E-state index contributed by atoms with van der Waals surface area (Å²) in [7, 11) is 0. The fraction of sp³-hybridized carbons (Fsp3) is 0.176. The molecule has 0 unspecified atom stereocenters. The van der Waals surface area contributed by atoms with Crippen LogP contribution in [0.2, 0.25) is 0 Å². The van der Waals surface area contributed by atoms with Crippen LogP contribution in [0.15, 0.2) is 57.6 Å². The lowest BCUT2D eigenvalue weighted by molar-refractivity contribution is 0.462. The first kappa shape index (κ1) is 16.8. The number of nitrogens with one attached hydrogen (secondary N) is 1. The summed E-state index contributed by atoms with van der Waals surface area (Å²) < 4.78 is 7.07. The van der Waals surface area contributed by atoms with Crippen molar-refractivity contribution in [1.29, 1.82) is 0 Å². The Kier molecular flexibility index (Phi) is 4.98. The van der Waals surface area contributed by atoms with Crippen molar-refractivity contribution < 1.29 is 4.42 Å². The van der Waals surface area contributed by atoms with Gasteiger partial charge in [0.1, 0.15) is 12.3 Å². The Balaban J connectivity index is 1.36. The lowest BCUT2D eigenvalue weighted by Crippen LogP contribution is -2.03. The lowest BCUT2D eigenvalue weighted by Gasteiger charge is -2.02. The predicted molar refractivity (Wildman–Crippen MR) is 102 cm³/mol. The molecule has 1 N–H and O–H groups in total. The molecule has 0 aliphatic heterocycles. The van der Waals surface area contributed by atoms with Gasteiger partial charge in [0.25, 0.3) is 0 Å². The van der Waals surface area contributed by atoms with Gasteiger partial charge in [-0.05, 0) is 41.6 Å². The van der Waals surface area contributed by atoms with Gasteiger partial charge in [-0.25, -0.2) is 9.67 Å². The number of aromatic nitrogens is 5. The standard InChI is InChI=1S/C17H16N6OS2/c1-12-4-6-13(7-5-12)18-16-19-14(10-25-16)11-26-17-20-21-22-23(17)9-15-3-2-8-24-15/h2-8,10H,9,11H2,1H3,(H,18,19). The summed E-state index contributed by atoms with van der Waals surface area (Å²) in [6.45, 7) is 2.58. The molecule has 3 heterocycles. The maximum Gasteiger partial charge on any atom is 0.210 e. The molecule has 0 amide bonds. The second kappa shape index (κ2) is 7.71. The molecule has 3 aromatic heterocycles. The number of hydrogen-bond donors (Lipinski definition) is 1. The van der Waals surface area contributed by atoms with E-state index < -0.39 is 0 Å². The second-order valence-electron chi connectivity index (χ2n) is 5.62. The van der Waals surface area contributed by atoms with Crippen molar-refractivity contribution >= 4 is 33.9 Å². The largest absolute Gasteiger partial charge is 0.467 e. The first-order valence-corrected chi connectivity index (χ1v) is 9.82. The molecule has 0 saturated carbocycles. The van der Waals surface area contributed by atoms with E-state index >= 15 is 0 Å². The van der Waals surface area contributed by atoms with Crippen molar-refractivity contribution in [2.75, 3.05) is 5.32 Å². The minimum Gasteiger partial charge on any atom is -0.467 e. The summed E-state index contributed by atoms with van der Waals surface area (Å²) in [6.07, 6.45) is 1.64. The molecule has 1 aromatic carbocycles. The molecule has 7 nitrogen and oxygen atoms in total. The number of rotatable bonds is 7. The fourth-order valence-electron chi connectivity index (χ4n) is 2.28. The zero-order chi connectivity index (χ0) is 17.8. The Morgan fingerprint density at radius 3 is 2.92 bits per heavy atom. The van der Waals surface area contributed by atoms with Gasteiger partial charge in [0.05, 0.1) is 12.0 Å². The van der Waals surface area contributed by atoms with E-state index in [0.29, 0.717) is 12.3 Å². The zero-order valence-electron chi connectivity index (χ0n) is 14.0. The number of furan rings is 1. The molecule has 0 aliphatic rings. The monoisotopic (exact) mass is 384 g/mol. The van der Waals surface area contributed by atoms with E-state index in [1.807, 2.05) is 29.6 Å². The van der Waals surface area contributed by atoms with Crippen LogP contribution in [-0.4, -0.2) is 25.2 Å². The summed E-state index contributed by atoms with van der Waals surface area (Å²) in [4.78, 5) is 4.62. The third kappa shape index (κ3) is 4.12. The van der Waals surface area contributed by atoms with Gasteiger partial charge >= 0.3 is 0 Å². The quantitative estimate of drug-likeness (QED) is 0.480. The van der Waals surface area contributed by atoms with E-state index in [1.165, 1.54) is 5.56 Å². The Labute approximate surface area is 158 Å². The number of hydrogen-bond acceptors (Lipinski definition) is 8. The minimum atomic E-state index is 0.514. The van der Waals surface area contributed by atoms with Crippen molar-refractivity contribution in [2.45, 2.75) is 24.4 Å². The summed E-state index contributed by atoms with van der Waals surface area (Å²) in [5.74, 6) is 1.52. The van der Waals surface area contributed by atoms with E-state index in [0.717, 1.165) is 27.4 Å². The first-order valence-electron chi connectivity index (χ1n) is 7.96. The van der Waals surface area contributed by atoms with Crippen LogP contribution in [0.4, 0.5) is 10.8 Å². The molecular weight excluding hydrogens is 368 g/mol. The number of benzene rings is 1. The van der Waals surface area contributed by atoms with Crippen LogP contribution in [0.5, 0.6) is 0 Å². The van der Waals surface area contributed by atoms with Crippen LogP contribution in [0, 0.1) is 6.92 Å². The number of thioether (sulfide) groups is 1. The molecule has 4 rings (SSSR count). The molecule has 0 atom stereocenters. The number of aryl methyl sites for hydroxylation is 1. The highest BCUT2D eigenvalue weighted by atomic mass is 32.2. The van der Waals surface area contributed by atoms with Gasteiger partial charge in [0, 0.05) is 16.8 Å². The van der Waals surface area contributed by atoms with Crippen LogP contribution in [0.1, 0.15) is 17.0 Å². The number of anilines is 2.